The number of hydrogen-bond acceptors (Lipinski definition) is 8. The summed E-state index contributed by atoms with van der Waals surface area (Å²) in [5, 5.41) is 33.7. The first-order valence-electron chi connectivity index (χ1n) is 13.1. The highest BCUT2D eigenvalue weighted by atomic mass is 32.2. The molecule has 1 aliphatic heterocycles. The summed E-state index contributed by atoms with van der Waals surface area (Å²) < 4.78 is 75.2. The molecular formula is C28H31F3N2O6S2. The Balaban J connectivity index is 1.54. The van der Waals surface area contributed by atoms with E-state index in [0.717, 1.165) is 17.0 Å². The van der Waals surface area contributed by atoms with Crippen LogP contribution in [0.4, 0.5) is 13.2 Å². The third kappa shape index (κ3) is 6.94. The number of halogens is 3. The van der Waals surface area contributed by atoms with Crippen molar-refractivity contribution in [2.24, 2.45) is 5.41 Å². The molecule has 222 valence electrons. The van der Waals surface area contributed by atoms with Crippen molar-refractivity contribution < 1.29 is 41.6 Å². The van der Waals surface area contributed by atoms with Gasteiger partial charge in [-0.25, -0.2) is 13.1 Å². The number of fused-ring (bicyclic) bond motifs is 1. The van der Waals surface area contributed by atoms with Gasteiger partial charge in [-0.15, -0.1) is 11.3 Å². The lowest BCUT2D eigenvalue weighted by Gasteiger charge is -2.36. The van der Waals surface area contributed by atoms with E-state index >= 15 is 0 Å². The van der Waals surface area contributed by atoms with Gasteiger partial charge in [-0.3, -0.25) is 4.90 Å². The number of β-amino-alcohol motifs (C(OH)–C–C–N with tert-alkyl or cyclic N) is 1. The Labute approximate surface area is 240 Å². The van der Waals surface area contributed by atoms with Gasteiger partial charge < -0.3 is 20.1 Å². The number of hydrogen-bond donors (Lipinski definition) is 4. The van der Waals surface area contributed by atoms with Crippen LogP contribution in [0.15, 0.2) is 64.9 Å². The predicted octanol–water partition coefficient (Wildman–Crippen LogP) is 3.47. The van der Waals surface area contributed by atoms with E-state index in [-0.39, 0.29) is 48.7 Å². The molecule has 8 nitrogen and oxygen atoms in total. The lowest BCUT2D eigenvalue weighted by atomic mass is 9.85. The first-order valence-corrected chi connectivity index (χ1v) is 15.4. The monoisotopic (exact) mass is 612 g/mol. The molecule has 0 amide bonds. The Bertz CT molecular complexity index is 1460. The molecule has 0 saturated heterocycles. The third-order valence-corrected chi connectivity index (χ3v) is 9.84. The average Bonchev–Trinajstić information content (AvgIpc) is 3.52. The van der Waals surface area contributed by atoms with Crippen molar-refractivity contribution in [3.05, 3.63) is 70.4 Å². The molecule has 41 heavy (non-hydrogen) atoms. The number of sulfonamides is 1. The van der Waals surface area contributed by atoms with Crippen LogP contribution >= 0.6 is 11.3 Å². The van der Waals surface area contributed by atoms with Crippen molar-refractivity contribution in [1.82, 2.24) is 9.62 Å². The van der Waals surface area contributed by atoms with E-state index < -0.39 is 45.5 Å². The van der Waals surface area contributed by atoms with Crippen LogP contribution in [0.3, 0.4) is 0 Å². The number of benzene rings is 2. The van der Waals surface area contributed by atoms with Crippen molar-refractivity contribution in [3.8, 4) is 16.9 Å². The molecule has 1 aromatic heterocycles. The Kier molecular flexibility index (Phi) is 8.50. The van der Waals surface area contributed by atoms with Gasteiger partial charge in [0.15, 0.2) is 0 Å². The Morgan fingerprint density at radius 2 is 1.76 bits per heavy atom. The van der Waals surface area contributed by atoms with Crippen LogP contribution in [-0.2, 0) is 22.7 Å². The maximum absolute atomic E-state index is 13.4. The SMILES string of the molecule is O=S1(=O)NC[C@H](O)CN(Cc2cccs2)CC2(COc3cc(-c4cccc(C(F)(F)F)c4)ccc31)C[C@@H](O)[C@@H](O)C2. The number of nitrogens with zero attached hydrogens (tertiary/aromatic N) is 1. The Morgan fingerprint density at radius 1 is 1.02 bits per heavy atom. The van der Waals surface area contributed by atoms with Crippen LogP contribution in [0.1, 0.15) is 23.3 Å². The highest BCUT2D eigenvalue weighted by Gasteiger charge is 2.46. The van der Waals surface area contributed by atoms with Gasteiger partial charge in [-0.1, -0.05) is 24.3 Å². The molecule has 4 N–H and O–H groups in total. The molecule has 3 aromatic rings. The van der Waals surface area contributed by atoms with Gasteiger partial charge in [0.2, 0.25) is 10.0 Å². The maximum atomic E-state index is 13.4. The minimum absolute atomic E-state index is 0.0767. The summed E-state index contributed by atoms with van der Waals surface area (Å²) in [6.45, 7) is 0.579. The van der Waals surface area contributed by atoms with E-state index in [1.54, 1.807) is 0 Å². The minimum Gasteiger partial charge on any atom is -0.492 e. The number of alkyl halides is 3. The number of aliphatic hydroxyl groups is 3. The third-order valence-electron chi connectivity index (χ3n) is 7.52. The first-order chi connectivity index (χ1) is 19.3. The molecule has 2 aliphatic rings. The van der Waals surface area contributed by atoms with E-state index in [1.165, 1.54) is 41.7 Å². The summed E-state index contributed by atoms with van der Waals surface area (Å²) in [5.41, 5.74) is -1.10. The topological polar surface area (TPSA) is 119 Å². The number of aliphatic hydroxyl groups excluding tert-OH is 3. The summed E-state index contributed by atoms with van der Waals surface area (Å²) in [6.07, 6.45) is -7.28. The van der Waals surface area contributed by atoms with Gasteiger partial charge in [-0.2, -0.15) is 13.2 Å². The molecule has 0 bridgehead atoms. The minimum atomic E-state index is -4.55. The lowest BCUT2D eigenvalue weighted by molar-refractivity contribution is -0.137. The molecule has 1 aliphatic carbocycles. The summed E-state index contributed by atoms with van der Waals surface area (Å²) in [7, 11) is -4.19. The van der Waals surface area contributed by atoms with Crippen molar-refractivity contribution in [2.45, 2.75) is 48.8 Å². The zero-order valence-electron chi connectivity index (χ0n) is 21.9. The average molecular weight is 613 g/mol. The van der Waals surface area contributed by atoms with Crippen molar-refractivity contribution >= 4 is 21.4 Å². The molecule has 1 saturated carbocycles. The number of nitrogens with one attached hydrogen (secondary N) is 1. The van der Waals surface area contributed by atoms with E-state index in [2.05, 4.69) is 4.72 Å². The summed E-state index contributed by atoms with van der Waals surface area (Å²) in [6, 6.07) is 12.6. The summed E-state index contributed by atoms with van der Waals surface area (Å²) in [4.78, 5) is 2.75. The van der Waals surface area contributed by atoms with Crippen LogP contribution in [0.2, 0.25) is 0 Å². The maximum Gasteiger partial charge on any atom is 0.416 e. The van der Waals surface area contributed by atoms with Gasteiger partial charge in [0, 0.05) is 36.5 Å². The standard InChI is InChI=1S/C28H31F3N2O6S2/c29-28(30,31)20-4-1-3-18(9-20)19-6-7-26-25(10-19)39-17-27(11-23(35)24(36)12-27)16-33(15-22-5-2-8-40-22)14-21(34)13-32-41(26,37)38/h1-10,21,23-24,32,34-36H,11-17H2/t21-,23-,24+,27?/m0/s1. The van der Waals surface area contributed by atoms with Gasteiger partial charge >= 0.3 is 6.18 Å². The normalized spacial score (nSPS) is 27.5. The molecule has 1 spiro atoms. The second kappa shape index (κ2) is 11.6. The van der Waals surface area contributed by atoms with Gasteiger partial charge in [0.05, 0.1) is 30.5 Å². The predicted molar refractivity (Wildman–Crippen MR) is 147 cm³/mol. The molecule has 2 heterocycles. The summed E-state index contributed by atoms with van der Waals surface area (Å²) in [5.74, 6) is -0.0810. The van der Waals surface area contributed by atoms with E-state index in [0.29, 0.717) is 18.7 Å². The van der Waals surface area contributed by atoms with Gasteiger partial charge in [0.1, 0.15) is 10.6 Å². The highest BCUT2D eigenvalue weighted by Crippen LogP contribution is 2.42. The van der Waals surface area contributed by atoms with Gasteiger partial charge in [0.25, 0.3) is 0 Å². The molecule has 0 radical (unpaired) electrons. The van der Waals surface area contributed by atoms with Crippen molar-refractivity contribution in [3.63, 3.8) is 0 Å². The van der Waals surface area contributed by atoms with Crippen LogP contribution in [0, 0.1) is 5.41 Å². The van der Waals surface area contributed by atoms with Gasteiger partial charge in [-0.05, 0) is 59.7 Å². The molecule has 4 atom stereocenters. The van der Waals surface area contributed by atoms with Crippen LogP contribution in [0.5, 0.6) is 5.75 Å². The fraction of sp³-hybridized carbons (Fsp3) is 0.429. The van der Waals surface area contributed by atoms with E-state index in [4.69, 9.17) is 4.74 Å². The molecule has 5 rings (SSSR count). The molecule has 13 heteroatoms. The fourth-order valence-corrected chi connectivity index (χ4v) is 7.54. The molecule has 1 unspecified atom stereocenters. The first kappa shape index (κ1) is 30.0. The van der Waals surface area contributed by atoms with E-state index in [9.17, 15) is 36.9 Å². The van der Waals surface area contributed by atoms with Crippen molar-refractivity contribution in [2.75, 3.05) is 26.2 Å². The molecule has 1 fully saturated rings. The number of ether oxygens (including phenoxy) is 1. The van der Waals surface area contributed by atoms with Crippen molar-refractivity contribution in [1.29, 1.82) is 0 Å². The Hall–Kier alpha value is -2.52. The van der Waals surface area contributed by atoms with Crippen LogP contribution in [-0.4, -0.2) is 73.2 Å². The summed E-state index contributed by atoms with van der Waals surface area (Å²) >= 11 is 1.54. The number of rotatable bonds is 3. The zero-order valence-corrected chi connectivity index (χ0v) is 23.6. The molecule has 2 aromatic carbocycles. The van der Waals surface area contributed by atoms with Crippen LogP contribution in [0.25, 0.3) is 11.1 Å². The van der Waals surface area contributed by atoms with Crippen LogP contribution < -0.4 is 9.46 Å². The number of thiophene rings is 1. The second-order valence-corrected chi connectivity index (χ2v) is 13.6. The lowest BCUT2D eigenvalue weighted by Crippen LogP contribution is -2.46. The fourth-order valence-electron chi connectivity index (χ4n) is 5.59. The molecular weight excluding hydrogens is 581 g/mol. The highest BCUT2D eigenvalue weighted by molar-refractivity contribution is 7.89. The smallest absolute Gasteiger partial charge is 0.416 e. The Morgan fingerprint density at radius 3 is 2.44 bits per heavy atom. The zero-order chi connectivity index (χ0) is 29.4. The quantitative estimate of drug-likeness (QED) is 0.358. The van der Waals surface area contributed by atoms with E-state index in [1.807, 2.05) is 22.4 Å². The largest absolute Gasteiger partial charge is 0.492 e. The second-order valence-electron chi connectivity index (χ2n) is 10.8.